The first kappa shape index (κ1) is 20.6. The lowest BCUT2D eigenvalue weighted by atomic mass is 10.1. The molecule has 6 nitrogen and oxygen atoms in total. The predicted octanol–water partition coefficient (Wildman–Crippen LogP) is 4.97. The molecule has 0 radical (unpaired) electrons. The molecular weight excluding hydrogens is 419 g/mol. The summed E-state index contributed by atoms with van der Waals surface area (Å²) in [6, 6.07) is 17.1. The molecule has 4 aromatic rings. The van der Waals surface area contributed by atoms with Crippen molar-refractivity contribution in [3.63, 3.8) is 0 Å². The van der Waals surface area contributed by atoms with Gasteiger partial charge in [0.05, 0.1) is 30.3 Å². The summed E-state index contributed by atoms with van der Waals surface area (Å²) in [4.78, 5) is 4.25. The van der Waals surface area contributed by atoms with Crippen molar-refractivity contribution in [1.29, 1.82) is 0 Å². The van der Waals surface area contributed by atoms with Crippen LogP contribution in [0.4, 0.5) is 15.8 Å². The van der Waals surface area contributed by atoms with E-state index in [1.807, 2.05) is 0 Å². The molecule has 1 N–H and O–H groups in total. The second-order valence-electron chi connectivity index (χ2n) is 6.69. The van der Waals surface area contributed by atoms with E-state index in [-0.39, 0.29) is 15.5 Å². The van der Waals surface area contributed by atoms with Crippen LogP contribution in [0, 0.1) is 5.82 Å². The zero-order valence-corrected chi connectivity index (χ0v) is 17.6. The normalized spacial score (nSPS) is 11.3. The number of nitrogens with one attached hydrogen (secondary N) is 1. The Morgan fingerprint density at radius 1 is 0.903 bits per heavy atom. The van der Waals surface area contributed by atoms with Crippen molar-refractivity contribution in [1.82, 2.24) is 4.98 Å². The topological polar surface area (TPSA) is 77.5 Å². The number of halogens is 1. The van der Waals surface area contributed by atoms with Gasteiger partial charge in [0.15, 0.2) is 0 Å². The van der Waals surface area contributed by atoms with Gasteiger partial charge in [-0.25, -0.2) is 12.8 Å². The summed E-state index contributed by atoms with van der Waals surface area (Å²) in [5.41, 5.74) is 1.27. The Hall–Kier alpha value is -3.65. The molecule has 0 bridgehead atoms. The van der Waals surface area contributed by atoms with Gasteiger partial charge < -0.3 is 14.8 Å². The summed E-state index contributed by atoms with van der Waals surface area (Å²) in [7, 11) is -0.930. The van der Waals surface area contributed by atoms with Crippen LogP contribution in [0.2, 0.25) is 0 Å². The Labute approximate surface area is 179 Å². The number of fused-ring (bicyclic) bond motifs is 1. The molecule has 0 saturated carbocycles. The van der Waals surface area contributed by atoms with Gasteiger partial charge >= 0.3 is 0 Å². The summed E-state index contributed by atoms with van der Waals surface area (Å²) in [6.07, 6.45) is 1.28. The molecule has 4 rings (SSSR count). The van der Waals surface area contributed by atoms with Gasteiger partial charge in [-0.15, -0.1) is 0 Å². The van der Waals surface area contributed by atoms with Crippen molar-refractivity contribution >= 4 is 32.1 Å². The fourth-order valence-corrected chi connectivity index (χ4v) is 4.58. The average Bonchev–Trinajstić information content (AvgIpc) is 2.79. The number of rotatable bonds is 6. The van der Waals surface area contributed by atoms with Crippen LogP contribution in [0.15, 0.2) is 82.7 Å². The van der Waals surface area contributed by atoms with E-state index < -0.39 is 15.7 Å². The number of pyridine rings is 1. The number of ether oxygens (including phenoxy) is 2. The predicted molar refractivity (Wildman–Crippen MR) is 116 cm³/mol. The van der Waals surface area contributed by atoms with Gasteiger partial charge in [0.1, 0.15) is 22.2 Å². The third kappa shape index (κ3) is 4.02. The third-order valence-corrected chi connectivity index (χ3v) is 6.57. The third-order valence-electron chi connectivity index (χ3n) is 4.79. The van der Waals surface area contributed by atoms with Gasteiger partial charge in [-0.1, -0.05) is 6.07 Å². The van der Waals surface area contributed by atoms with Crippen LogP contribution in [-0.4, -0.2) is 27.6 Å². The molecule has 0 aliphatic heterocycles. The summed E-state index contributed by atoms with van der Waals surface area (Å²) in [6.45, 7) is 0. The van der Waals surface area contributed by atoms with Crippen LogP contribution in [0.5, 0.6) is 11.5 Å². The fraction of sp³-hybridized carbons (Fsp3) is 0.0870. The first-order chi connectivity index (χ1) is 14.9. The number of methoxy groups -OCH3 is 2. The number of sulfone groups is 1. The zero-order valence-electron chi connectivity index (χ0n) is 16.8. The number of aromatic nitrogens is 1. The second-order valence-corrected chi connectivity index (χ2v) is 8.61. The maximum absolute atomic E-state index is 14.1. The van der Waals surface area contributed by atoms with Gasteiger partial charge in [-0.05, 0) is 54.6 Å². The Balaban J connectivity index is 1.92. The maximum atomic E-state index is 14.1. The summed E-state index contributed by atoms with van der Waals surface area (Å²) in [5, 5.41) is 3.47. The van der Waals surface area contributed by atoms with E-state index in [1.54, 1.807) is 36.4 Å². The molecular formula is C23H19FN2O4S. The minimum Gasteiger partial charge on any atom is -0.497 e. The van der Waals surface area contributed by atoms with Gasteiger partial charge in [0.25, 0.3) is 0 Å². The standard InChI is InChI=1S/C23H19FN2O4S/c1-29-17-7-9-19(10-8-17)31(27,28)22-14-25-21-11-6-15(24)12-20(21)23(22)26-16-4-3-5-18(13-16)30-2/h3-14H,1-2H3,(H,25,26). The van der Waals surface area contributed by atoms with E-state index in [4.69, 9.17) is 9.47 Å². The maximum Gasteiger partial charge on any atom is 0.210 e. The van der Waals surface area contributed by atoms with Crippen LogP contribution < -0.4 is 14.8 Å². The van der Waals surface area contributed by atoms with E-state index in [0.717, 1.165) is 0 Å². The molecule has 3 aromatic carbocycles. The summed E-state index contributed by atoms with van der Waals surface area (Å²) in [5.74, 6) is 0.628. The SMILES string of the molecule is COc1ccc(S(=O)(=O)c2cnc3ccc(F)cc3c2Nc2cccc(OC)c2)cc1. The number of nitrogens with zero attached hydrogens (tertiary/aromatic N) is 1. The van der Waals surface area contributed by atoms with E-state index in [9.17, 15) is 12.8 Å². The van der Waals surface area contributed by atoms with Crippen LogP contribution in [0.1, 0.15) is 0 Å². The molecule has 0 atom stereocenters. The number of hydrogen-bond acceptors (Lipinski definition) is 6. The lowest BCUT2D eigenvalue weighted by Crippen LogP contribution is -2.07. The first-order valence-corrected chi connectivity index (χ1v) is 10.8. The molecule has 158 valence electrons. The van der Waals surface area contributed by atoms with E-state index >= 15 is 0 Å². The van der Waals surface area contributed by atoms with Crippen LogP contribution in [0.3, 0.4) is 0 Å². The van der Waals surface area contributed by atoms with E-state index in [1.165, 1.54) is 50.7 Å². The minimum atomic E-state index is -3.97. The smallest absolute Gasteiger partial charge is 0.210 e. The molecule has 31 heavy (non-hydrogen) atoms. The first-order valence-electron chi connectivity index (χ1n) is 9.31. The number of anilines is 2. The quantitative estimate of drug-likeness (QED) is 0.458. The molecule has 0 aliphatic rings. The highest BCUT2D eigenvalue weighted by molar-refractivity contribution is 7.91. The van der Waals surface area contributed by atoms with Crippen molar-refractivity contribution < 1.29 is 22.3 Å². The van der Waals surface area contributed by atoms with Gasteiger partial charge in [0, 0.05) is 23.3 Å². The number of hydrogen-bond donors (Lipinski definition) is 1. The van der Waals surface area contributed by atoms with Crippen molar-refractivity contribution in [2.45, 2.75) is 9.79 Å². The Kier molecular flexibility index (Phi) is 5.48. The van der Waals surface area contributed by atoms with Gasteiger partial charge in [0.2, 0.25) is 9.84 Å². The Morgan fingerprint density at radius 2 is 1.65 bits per heavy atom. The second kappa shape index (κ2) is 8.23. The van der Waals surface area contributed by atoms with Crippen molar-refractivity contribution in [2.75, 3.05) is 19.5 Å². The molecule has 0 unspecified atom stereocenters. The van der Waals surface area contributed by atoms with Crippen molar-refractivity contribution in [3.8, 4) is 11.5 Å². The molecule has 0 saturated heterocycles. The molecule has 0 spiro atoms. The monoisotopic (exact) mass is 438 g/mol. The highest BCUT2D eigenvalue weighted by atomic mass is 32.2. The lowest BCUT2D eigenvalue weighted by Gasteiger charge is -2.16. The largest absolute Gasteiger partial charge is 0.497 e. The lowest BCUT2D eigenvalue weighted by molar-refractivity contribution is 0.414. The molecule has 0 aliphatic carbocycles. The highest BCUT2D eigenvalue weighted by Gasteiger charge is 2.24. The van der Waals surface area contributed by atoms with Crippen molar-refractivity contribution in [3.05, 3.63) is 78.7 Å². The van der Waals surface area contributed by atoms with Crippen LogP contribution in [-0.2, 0) is 9.84 Å². The molecule has 1 heterocycles. The van der Waals surface area contributed by atoms with Gasteiger partial charge in [-0.2, -0.15) is 0 Å². The van der Waals surface area contributed by atoms with Crippen LogP contribution >= 0.6 is 0 Å². The van der Waals surface area contributed by atoms with E-state index in [2.05, 4.69) is 10.3 Å². The van der Waals surface area contributed by atoms with Crippen molar-refractivity contribution in [2.24, 2.45) is 0 Å². The Bertz CT molecular complexity index is 1360. The summed E-state index contributed by atoms with van der Waals surface area (Å²) >= 11 is 0. The number of benzene rings is 3. The zero-order chi connectivity index (χ0) is 22.0. The summed E-state index contributed by atoms with van der Waals surface area (Å²) < 4.78 is 51.3. The van der Waals surface area contributed by atoms with Crippen LogP contribution in [0.25, 0.3) is 10.9 Å². The highest BCUT2D eigenvalue weighted by Crippen LogP contribution is 2.36. The minimum absolute atomic E-state index is 0.0690. The van der Waals surface area contributed by atoms with Gasteiger partial charge in [-0.3, -0.25) is 4.98 Å². The molecule has 0 amide bonds. The average molecular weight is 438 g/mol. The Morgan fingerprint density at radius 3 is 2.35 bits per heavy atom. The van der Waals surface area contributed by atoms with E-state index in [0.29, 0.717) is 28.1 Å². The molecule has 1 aromatic heterocycles. The molecule has 8 heteroatoms. The molecule has 0 fully saturated rings. The fourth-order valence-electron chi connectivity index (χ4n) is 3.21.